The van der Waals surface area contributed by atoms with Gasteiger partial charge in [-0.05, 0) is 30.3 Å². The molecule has 0 amide bonds. The fourth-order valence-corrected chi connectivity index (χ4v) is 2.35. The Morgan fingerprint density at radius 2 is 1.92 bits per heavy atom. The molecule has 0 spiro atoms. The van der Waals surface area contributed by atoms with E-state index in [2.05, 4.69) is 20.5 Å². The number of aromatic nitrogens is 3. The lowest BCUT2D eigenvalue weighted by Crippen LogP contribution is -2.14. The number of nitrogens with one attached hydrogen (secondary N) is 1. The molecular weight excluding hydrogens is 326 g/mol. The molecule has 1 N–H and O–H groups in total. The highest BCUT2D eigenvalue weighted by atomic mass is 35.5. The summed E-state index contributed by atoms with van der Waals surface area (Å²) < 4.78 is 5.32. The van der Waals surface area contributed by atoms with E-state index in [4.69, 9.17) is 16.3 Å². The smallest absolute Gasteiger partial charge is 0.251 e. The van der Waals surface area contributed by atoms with E-state index in [1.165, 1.54) is 0 Å². The molecule has 1 aromatic heterocycles. The summed E-state index contributed by atoms with van der Waals surface area (Å²) in [5.41, 5.74) is 1.68. The van der Waals surface area contributed by atoms with Gasteiger partial charge in [0.15, 0.2) is 5.82 Å². The summed E-state index contributed by atoms with van der Waals surface area (Å²) >= 11 is 6.05. The van der Waals surface area contributed by atoms with E-state index >= 15 is 0 Å². The molecule has 3 aromatic rings. The van der Waals surface area contributed by atoms with E-state index in [9.17, 15) is 0 Å². The highest BCUT2D eigenvalue weighted by Gasteiger charge is 2.10. The van der Waals surface area contributed by atoms with E-state index < -0.39 is 0 Å². The molecule has 2 aromatic carbocycles. The molecule has 0 aliphatic rings. The van der Waals surface area contributed by atoms with Gasteiger partial charge in [-0.3, -0.25) is 0 Å². The maximum Gasteiger partial charge on any atom is 0.251 e. The lowest BCUT2D eigenvalue weighted by atomic mass is 10.3. The Balaban J connectivity index is 1.87. The molecule has 1 heterocycles. The van der Waals surface area contributed by atoms with Gasteiger partial charge in [-0.2, -0.15) is 10.1 Å². The van der Waals surface area contributed by atoms with Crippen molar-refractivity contribution in [1.29, 1.82) is 0 Å². The minimum atomic E-state index is 0.479. The first-order chi connectivity index (χ1) is 11.7. The monoisotopic (exact) mass is 341 g/mol. The highest BCUT2D eigenvalue weighted by molar-refractivity contribution is 6.31. The topological polar surface area (TPSA) is 63.2 Å². The van der Waals surface area contributed by atoms with Crippen LogP contribution in [0.15, 0.2) is 54.7 Å². The van der Waals surface area contributed by atoms with Crippen molar-refractivity contribution in [1.82, 2.24) is 15.2 Å². The van der Waals surface area contributed by atoms with Crippen LogP contribution in [0.3, 0.4) is 0 Å². The molecule has 0 aliphatic heterocycles. The molecule has 6 nitrogen and oxygen atoms in total. The number of ether oxygens (including phenoxy) is 1. The molecule has 0 aliphatic carbocycles. The largest absolute Gasteiger partial charge is 0.495 e. The summed E-state index contributed by atoms with van der Waals surface area (Å²) in [4.78, 5) is 6.35. The van der Waals surface area contributed by atoms with E-state index in [1.807, 2.05) is 42.3 Å². The summed E-state index contributed by atoms with van der Waals surface area (Å²) in [6.45, 7) is 0. The Kier molecular flexibility index (Phi) is 4.77. The van der Waals surface area contributed by atoms with Gasteiger partial charge < -0.3 is 15.0 Å². The molecule has 0 bridgehead atoms. The van der Waals surface area contributed by atoms with Gasteiger partial charge in [0, 0.05) is 17.8 Å². The second-order valence-electron chi connectivity index (χ2n) is 5.01. The summed E-state index contributed by atoms with van der Waals surface area (Å²) in [5, 5.41) is 11.9. The third-order valence-corrected chi connectivity index (χ3v) is 3.65. The zero-order valence-corrected chi connectivity index (χ0v) is 14.0. The number of hydrogen-bond donors (Lipinski definition) is 1. The third kappa shape index (κ3) is 3.55. The van der Waals surface area contributed by atoms with Crippen molar-refractivity contribution >= 4 is 34.7 Å². The molecule has 0 unspecified atom stereocenters. The normalized spacial score (nSPS) is 10.3. The van der Waals surface area contributed by atoms with Gasteiger partial charge in [-0.15, -0.1) is 5.10 Å². The quantitative estimate of drug-likeness (QED) is 0.755. The Morgan fingerprint density at radius 1 is 1.12 bits per heavy atom. The second kappa shape index (κ2) is 7.14. The van der Waals surface area contributed by atoms with Crippen LogP contribution in [0.1, 0.15) is 0 Å². The van der Waals surface area contributed by atoms with Crippen molar-refractivity contribution in [3.8, 4) is 5.75 Å². The van der Waals surface area contributed by atoms with E-state index in [0.717, 1.165) is 5.69 Å². The van der Waals surface area contributed by atoms with Crippen LogP contribution in [0.25, 0.3) is 0 Å². The van der Waals surface area contributed by atoms with Gasteiger partial charge in [0.25, 0.3) is 5.95 Å². The van der Waals surface area contributed by atoms with Crippen LogP contribution in [-0.2, 0) is 0 Å². The Morgan fingerprint density at radius 3 is 2.67 bits per heavy atom. The van der Waals surface area contributed by atoms with E-state index in [0.29, 0.717) is 28.2 Å². The maximum absolute atomic E-state index is 6.05. The van der Waals surface area contributed by atoms with Crippen LogP contribution in [0, 0.1) is 0 Å². The van der Waals surface area contributed by atoms with Crippen LogP contribution in [0.4, 0.5) is 23.1 Å². The van der Waals surface area contributed by atoms with Gasteiger partial charge in [0.05, 0.1) is 19.0 Å². The van der Waals surface area contributed by atoms with Crippen molar-refractivity contribution in [2.24, 2.45) is 0 Å². The van der Waals surface area contributed by atoms with Crippen LogP contribution in [0.5, 0.6) is 5.75 Å². The van der Waals surface area contributed by atoms with Crippen LogP contribution in [0.2, 0.25) is 5.02 Å². The Bertz CT molecular complexity index is 828. The summed E-state index contributed by atoms with van der Waals surface area (Å²) in [6, 6.07) is 15.1. The van der Waals surface area contributed by atoms with Crippen molar-refractivity contribution in [2.45, 2.75) is 0 Å². The standard InChI is InChI=1S/C17H16ClN5O/c1-23(13-6-4-3-5-7-13)17-21-16(11-19-22-17)20-14-10-12(18)8-9-15(14)24-2/h3-11H,1-2H3,(H,20,21,22). The minimum Gasteiger partial charge on any atom is -0.495 e. The summed E-state index contributed by atoms with van der Waals surface area (Å²) in [5.74, 6) is 1.69. The molecule has 0 fully saturated rings. The number of halogens is 1. The fraction of sp³-hybridized carbons (Fsp3) is 0.118. The molecule has 0 saturated carbocycles. The number of methoxy groups -OCH3 is 1. The Hall–Kier alpha value is -2.86. The zero-order valence-electron chi connectivity index (χ0n) is 13.3. The molecular formula is C17H16ClN5O. The van der Waals surface area contributed by atoms with Crippen molar-refractivity contribution in [2.75, 3.05) is 24.4 Å². The maximum atomic E-state index is 6.05. The predicted molar refractivity (Wildman–Crippen MR) is 95.6 cm³/mol. The molecule has 0 saturated heterocycles. The zero-order chi connectivity index (χ0) is 16.9. The van der Waals surface area contributed by atoms with Gasteiger partial charge in [0.1, 0.15) is 5.75 Å². The predicted octanol–water partition coefficient (Wildman–Crippen LogP) is 4.05. The molecule has 122 valence electrons. The highest BCUT2D eigenvalue weighted by Crippen LogP contribution is 2.30. The number of hydrogen-bond acceptors (Lipinski definition) is 6. The van der Waals surface area contributed by atoms with Crippen LogP contribution >= 0.6 is 11.6 Å². The summed E-state index contributed by atoms with van der Waals surface area (Å²) in [6.07, 6.45) is 1.54. The Labute approximate surface area is 145 Å². The van der Waals surface area contributed by atoms with E-state index in [-0.39, 0.29) is 0 Å². The molecule has 3 rings (SSSR count). The third-order valence-electron chi connectivity index (χ3n) is 3.42. The first-order valence-corrected chi connectivity index (χ1v) is 7.64. The van der Waals surface area contributed by atoms with Crippen LogP contribution in [-0.4, -0.2) is 29.3 Å². The number of rotatable bonds is 5. The second-order valence-corrected chi connectivity index (χ2v) is 5.44. The molecule has 24 heavy (non-hydrogen) atoms. The van der Waals surface area contributed by atoms with Gasteiger partial charge in [0.2, 0.25) is 0 Å². The minimum absolute atomic E-state index is 0.479. The average molecular weight is 342 g/mol. The first kappa shape index (κ1) is 16.0. The van der Waals surface area contributed by atoms with Crippen molar-refractivity contribution in [3.63, 3.8) is 0 Å². The lowest BCUT2D eigenvalue weighted by Gasteiger charge is -2.17. The SMILES string of the molecule is COc1ccc(Cl)cc1Nc1cnnc(N(C)c2ccccc2)n1. The van der Waals surface area contributed by atoms with Gasteiger partial charge >= 0.3 is 0 Å². The number of nitrogens with zero attached hydrogens (tertiary/aromatic N) is 4. The molecule has 0 radical (unpaired) electrons. The van der Waals surface area contributed by atoms with Crippen molar-refractivity contribution in [3.05, 3.63) is 59.8 Å². The molecule has 0 atom stereocenters. The lowest BCUT2D eigenvalue weighted by molar-refractivity contribution is 0.417. The number of benzene rings is 2. The van der Waals surface area contributed by atoms with E-state index in [1.54, 1.807) is 31.5 Å². The number of para-hydroxylation sites is 1. The van der Waals surface area contributed by atoms with Gasteiger partial charge in [-0.25, -0.2) is 0 Å². The van der Waals surface area contributed by atoms with Gasteiger partial charge in [-0.1, -0.05) is 29.8 Å². The fourth-order valence-electron chi connectivity index (χ4n) is 2.18. The average Bonchev–Trinajstić information content (AvgIpc) is 2.62. The molecule has 7 heteroatoms. The number of anilines is 4. The summed E-state index contributed by atoms with van der Waals surface area (Å²) in [7, 11) is 3.48. The van der Waals surface area contributed by atoms with Crippen LogP contribution < -0.4 is 15.0 Å². The first-order valence-electron chi connectivity index (χ1n) is 7.26. The van der Waals surface area contributed by atoms with Crippen molar-refractivity contribution < 1.29 is 4.74 Å².